The molecule has 1 fully saturated rings. The van der Waals surface area contributed by atoms with Gasteiger partial charge in [0.15, 0.2) is 6.29 Å². The standard InChI is InChI=1S/C24H27N3O6S/c1-18(2)33-20-4-6-21(7-5-20)34(29,30)27-12-10-26(11-13-27)19-3-8-22(24-25-9-15-32-24)23(17-19)31-16-14-28/h3-9,14-15,17-18H,10-13,16H2,1-2H3. The summed E-state index contributed by atoms with van der Waals surface area (Å²) in [6, 6.07) is 12.1. The molecule has 0 aliphatic carbocycles. The predicted molar refractivity (Wildman–Crippen MR) is 127 cm³/mol. The van der Waals surface area contributed by atoms with Crippen LogP contribution in [0.4, 0.5) is 5.69 Å². The summed E-state index contributed by atoms with van der Waals surface area (Å²) < 4.78 is 44.3. The fourth-order valence-corrected chi connectivity index (χ4v) is 5.20. The van der Waals surface area contributed by atoms with Crippen molar-refractivity contribution in [2.45, 2.75) is 24.8 Å². The van der Waals surface area contributed by atoms with Crippen LogP contribution in [-0.4, -0.2) is 62.9 Å². The molecule has 2 aromatic carbocycles. The maximum atomic E-state index is 13.1. The highest BCUT2D eigenvalue weighted by atomic mass is 32.2. The number of hydrogen-bond acceptors (Lipinski definition) is 8. The average molecular weight is 486 g/mol. The van der Waals surface area contributed by atoms with E-state index in [0.29, 0.717) is 55.4 Å². The molecule has 1 aromatic heterocycles. The number of nitrogens with zero attached hydrogens (tertiary/aromatic N) is 3. The molecular formula is C24H27N3O6S. The second kappa shape index (κ2) is 10.3. The zero-order valence-corrected chi connectivity index (χ0v) is 19.9. The van der Waals surface area contributed by atoms with Crippen molar-refractivity contribution in [2.24, 2.45) is 0 Å². The van der Waals surface area contributed by atoms with Crippen molar-refractivity contribution in [1.82, 2.24) is 9.29 Å². The quantitative estimate of drug-likeness (QED) is 0.426. The van der Waals surface area contributed by atoms with E-state index in [0.717, 1.165) is 5.69 Å². The van der Waals surface area contributed by atoms with E-state index in [4.69, 9.17) is 13.9 Å². The molecule has 1 aliphatic heterocycles. The van der Waals surface area contributed by atoms with Gasteiger partial charge in [-0.15, -0.1) is 0 Å². The monoisotopic (exact) mass is 485 g/mol. The van der Waals surface area contributed by atoms with Gasteiger partial charge in [0.25, 0.3) is 0 Å². The van der Waals surface area contributed by atoms with E-state index in [1.807, 2.05) is 32.0 Å². The van der Waals surface area contributed by atoms with E-state index in [2.05, 4.69) is 9.88 Å². The van der Waals surface area contributed by atoms with Crippen LogP contribution >= 0.6 is 0 Å². The highest BCUT2D eigenvalue weighted by molar-refractivity contribution is 7.89. The lowest BCUT2D eigenvalue weighted by Gasteiger charge is -2.35. The van der Waals surface area contributed by atoms with Gasteiger partial charge in [-0.05, 0) is 50.2 Å². The molecule has 0 atom stereocenters. The van der Waals surface area contributed by atoms with Gasteiger partial charge in [-0.2, -0.15) is 4.31 Å². The normalized spacial score (nSPS) is 14.9. The van der Waals surface area contributed by atoms with Crippen LogP contribution in [0.1, 0.15) is 13.8 Å². The van der Waals surface area contributed by atoms with Crippen molar-refractivity contribution in [3.8, 4) is 23.0 Å². The topological polar surface area (TPSA) is 102 Å². The number of aromatic nitrogens is 1. The summed E-state index contributed by atoms with van der Waals surface area (Å²) in [4.78, 5) is 17.3. The van der Waals surface area contributed by atoms with Crippen molar-refractivity contribution in [1.29, 1.82) is 0 Å². The molecule has 9 nitrogen and oxygen atoms in total. The largest absolute Gasteiger partial charge is 0.491 e. The fourth-order valence-electron chi connectivity index (χ4n) is 3.78. The molecule has 2 heterocycles. The van der Waals surface area contributed by atoms with Crippen LogP contribution in [0.3, 0.4) is 0 Å². The highest BCUT2D eigenvalue weighted by Crippen LogP contribution is 2.33. The molecule has 0 unspecified atom stereocenters. The Balaban J connectivity index is 1.46. The summed E-state index contributed by atoms with van der Waals surface area (Å²) in [7, 11) is -3.60. The predicted octanol–water partition coefficient (Wildman–Crippen LogP) is 3.22. The van der Waals surface area contributed by atoms with Crippen LogP contribution in [-0.2, 0) is 14.8 Å². The number of carbonyl (C=O) groups excluding carboxylic acids is 1. The Hall–Kier alpha value is -3.37. The summed E-state index contributed by atoms with van der Waals surface area (Å²) >= 11 is 0. The molecule has 0 bridgehead atoms. The molecule has 0 radical (unpaired) electrons. The maximum absolute atomic E-state index is 13.1. The van der Waals surface area contributed by atoms with Crippen molar-refractivity contribution < 1.29 is 27.1 Å². The molecule has 0 saturated carbocycles. The SMILES string of the molecule is CC(C)Oc1ccc(S(=O)(=O)N2CCN(c3ccc(-c4ncco4)c(OCC=O)c3)CC2)cc1. The highest BCUT2D eigenvalue weighted by Gasteiger charge is 2.29. The summed E-state index contributed by atoms with van der Waals surface area (Å²) in [6.45, 7) is 5.46. The van der Waals surface area contributed by atoms with E-state index in [-0.39, 0.29) is 17.6 Å². The van der Waals surface area contributed by atoms with Gasteiger partial charge in [-0.1, -0.05) is 0 Å². The number of sulfonamides is 1. The second-order valence-electron chi connectivity index (χ2n) is 8.02. The number of hydrogen-bond donors (Lipinski definition) is 0. The lowest BCUT2D eigenvalue weighted by atomic mass is 10.1. The van der Waals surface area contributed by atoms with Gasteiger partial charge in [0.2, 0.25) is 15.9 Å². The smallest absolute Gasteiger partial charge is 0.243 e. The zero-order chi connectivity index (χ0) is 24.1. The Labute approximate surface area is 199 Å². The van der Waals surface area contributed by atoms with Crippen LogP contribution in [0.5, 0.6) is 11.5 Å². The number of rotatable bonds is 9. The Morgan fingerprint density at radius 3 is 2.44 bits per heavy atom. The van der Waals surface area contributed by atoms with E-state index < -0.39 is 10.0 Å². The average Bonchev–Trinajstić information content (AvgIpc) is 3.37. The molecule has 10 heteroatoms. The third-order valence-electron chi connectivity index (χ3n) is 5.37. The number of anilines is 1. The third kappa shape index (κ3) is 5.23. The van der Waals surface area contributed by atoms with Crippen molar-refractivity contribution in [2.75, 3.05) is 37.7 Å². The minimum atomic E-state index is -3.60. The molecule has 34 heavy (non-hydrogen) atoms. The first-order valence-corrected chi connectivity index (χ1v) is 12.4. The first-order chi connectivity index (χ1) is 16.4. The number of ether oxygens (including phenoxy) is 2. The van der Waals surface area contributed by atoms with Crippen LogP contribution in [0.2, 0.25) is 0 Å². The molecule has 180 valence electrons. The first kappa shape index (κ1) is 23.8. The number of piperazine rings is 1. The molecule has 0 amide bonds. The van der Waals surface area contributed by atoms with Crippen molar-refractivity contribution >= 4 is 22.0 Å². The van der Waals surface area contributed by atoms with Gasteiger partial charge in [-0.3, -0.25) is 4.79 Å². The Kier molecular flexibility index (Phi) is 7.18. The minimum absolute atomic E-state index is 0.0179. The van der Waals surface area contributed by atoms with Gasteiger partial charge in [0.1, 0.15) is 24.4 Å². The van der Waals surface area contributed by atoms with Crippen LogP contribution in [0, 0.1) is 0 Å². The second-order valence-corrected chi connectivity index (χ2v) is 9.96. The molecule has 1 saturated heterocycles. The minimum Gasteiger partial charge on any atom is -0.491 e. The number of oxazole rings is 1. The lowest BCUT2D eigenvalue weighted by molar-refractivity contribution is -0.109. The number of benzene rings is 2. The first-order valence-electron chi connectivity index (χ1n) is 11.0. The molecule has 0 spiro atoms. The van der Waals surface area contributed by atoms with E-state index in [1.54, 1.807) is 24.3 Å². The summed E-state index contributed by atoms with van der Waals surface area (Å²) in [5.74, 6) is 1.51. The summed E-state index contributed by atoms with van der Waals surface area (Å²) in [5, 5.41) is 0. The van der Waals surface area contributed by atoms with Gasteiger partial charge >= 0.3 is 0 Å². The zero-order valence-electron chi connectivity index (χ0n) is 19.1. The fraction of sp³-hybridized carbons (Fsp3) is 0.333. The van der Waals surface area contributed by atoms with Crippen LogP contribution in [0.25, 0.3) is 11.5 Å². The van der Waals surface area contributed by atoms with Gasteiger partial charge < -0.3 is 18.8 Å². The molecule has 1 aliphatic rings. The Bertz CT molecular complexity index is 1200. The Morgan fingerprint density at radius 2 is 1.82 bits per heavy atom. The van der Waals surface area contributed by atoms with E-state index >= 15 is 0 Å². The third-order valence-corrected chi connectivity index (χ3v) is 7.28. The number of aldehydes is 1. The van der Waals surface area contributed by atoms with Crippen LogP contribution in [0.15, 0.2) is 64.2 Å². The number of carbonyl (C=O) groups is 1. The molecular weight excluding hydrogens is 458 g/mol. The Morgan fingerprint density at radius 1 is 1.09 bits per heavy atom. The lowest BCUT2D eigenvalue weighted by Crippen LogP contribution is -2.48. The molecule has 4 rings (SSSR count). The maximum Gasteiger partial charge on any atom is 0.243 e. The van der Waals surface area contributed by atoms with Gasteiger partial charge in [0, 0.05) is 37.9 Å². The van der Waals surface area contributed by atoms with Crippen molar-refractivity contribution in [3.63, 3.8) is 0 Å². The summed E-state index contributed by atoms with van der Waals surface area (Å²) in [5.41, 5.74) is 1.50. The molecule has 3 aromatic rings. The van der Waals surface area contributed by atoms with E-state index in [9.17, 15) is 13.2 Å². The van der Waals surface area contributed by atoms with Crippen molar-refractivity contribution in [3.05, 3.63) is 54.9 Å². The molecule has 0 N–H and O–H groups in total. The summed E-state index contributed by atoms with van der Waals surface area (Å²) in [6.07, 6.45) is 3.70. The van der Waals surface area contributed by atoms with Gasteiger partial charge in [-0.25, -0.2) is 13.4 Å². The van der Waals surface area contributed by atoms with Gasteiger partial charge in [0.05, 0.1) is 22.8 Å². The van der Waals surface area contributed by atoms with Crippen LogP contribution < -0.4 is 14.4 Å². The van der Waals surface area contributed by atoms with E-state index in [1.165, 1.54) is 16.8 Å².